The van der Waals surface area contributed by atoms with Crippen molar-refractivity contribution < 1.29 is 14.3 Å². The first-order valence-electron chi connectivity index (χ1n) is 8.27. The summed E-state index contributed by atoms with van der Waals surface area (Å²) < 4.78 is 4.59. The zero-order chi connectivity index (χ0) is 15.1. The molecule has 0 aromatic heterocycles. The summed E-state index contributed by atoms with van der Waals surface area (Å²) >= 11 is 0. The maximum Gasteiger partial charge on any atom is 0.305 e. The van der Waals surface area contributed by atoms with Gasteiger partial charge in [-0.1, -0.05) is 6.42 Å². The number of rotatable bonds is 8. The van der Waals surface area contributed by atoms with E-state index in [9.17, 15) is 9.59 Å². The second kappa shape index (κ2) is 8.37. The highest BCUT2D eigenvalue weighted by Gasteiger charge is 2.33. The Bertz CT molecular complexity index is 347. The zero-order valence-electron chi connectivity index (χ0n) is 13.0. The largest absolute Gasteiger partial charge is 0.469 e. The number of hydrogen-bond acceptors (Lipinski definition) is 4. The van der Waals surface area contributed by atoms with Crippen LogP contribution in [0.4, 0.5) is 0 Å². The minimum Gasteiger partial charge on any atom is -0.469 e. The summed E-state index contributed by atoms with van der Waals surface area (Å²) in [5.74, 6) is 0.594. The number of fused-ring (bicyclic) bond motifs is 2. The van der Waals surface area contributed by atoms with Crippen LogP contribution < -0.4 is 10.6 Å². The molecule has 2 aliphatic heterocycles. The third kappa shape index (κ3) is 5.65. The molecule has 1 amide bonds. The molecule has 2 bridgehead atoms. The number of ether oxygens (including phenoxy) is 1. The molecule has 2 atom stereocenters. The van der Waals surface area contributed by atoms with E-state index in [2.05, 4.69) is 15.4 Å². The van der Waals surface area contributed by atoms with E-state index in [0.29, 0.717) is 30.8 Å². The van der Waals surface area contributed by atoms with E-state index in [0.717, 1.165) is 38.6 Å². The second-order valence-corrected chi connectivity index (χ2v) is 6.42. The maximum absolute atomic E-state index is 11.9. The molecule has 5 nitrogen and oxygen atoms in total. The van der Waals surface area contributed by atoms with Gasteiger partial charge in [0.25, 0.3) is 0 Å². The van der Waals surface area contributed by atoms with Crippen LogP contribution in [0.3, 0.4) is 0 Å². The Kier molecular flexibility index (Phi) is 6.49. The van der Waals surface area contributed by atoms with Gasteiger partial charge < -0.3 is 15.4 Å². The summed E-state index contributed by atoms with van der Waals surface area (Å²) in [5, 5.41) is 6.61. The number of nitrogens with one attached hydrogen (secondary N) is 2. The number of methoxy groups -OCH3 is 1. The minimum absolute atomic E-state index is 0.153. The fourth-order valence-electron chi connectivity index (χ4n) is 3.58. The molecule has 21 heavy (non-hydrogen) atoms. The molecule has 0 aromatic carbocycles. The Morgan fingerprint density at radius 3 is 2.52 bits per heavy atom. The summed E-state index contributed by atoms with van der Waals surface area (Å²) in [6, 6.07) is 1.31. The van der Waals surface area contributed by atoms with Gasteiger partial charge in [0, 0.05) is 31.5 Å². The maximum atomic E-state index is 11.9. The van der Waals surface area contributed by atoms with Crippen LogP contribution in [-0.2, 0) is 14.3 Å². The molecule has 2 N–H and O–H groups in total. The Balaban J connectivity index is 1.49. The summed E-state index contributed by atoms with van der Waals surface area (Å²) in [7, 11) is 1.41. The average molecular weight is 296 g/mol. The Morgan fingerprint density at radius 1 is 1.14 bits per heavy atom. The second-order valence-electron chi connectivity index (χ2n) is 6.42. The molecule has 0 aliphatic carbocycles. The molecule has 0 aromatic rings. The molecule has 5 heteroatoms. The number of carbonyl (C=O) groups is 2. The topological polar surface area (TPSA) is 67.4 Å². The van der Waals surface area contributed by atoms with Crippen molar-refractivity contribution in [3.05, 3.63) is 0 Å². The van der Waals surface area contributed by atoms with Gasteiger partial charge in [-0.2, -0.15) is 0 Å². The van der Waals surface area contributed by atoms with Gasteiger partial charge in [0.1, 0.15) is 0 Å². The minimum atomic E-state index is -0.153. The van der Waals surface area contributed by atoms with Crippen molar-refractivity contribution in [1.29, 1.82) is 0 Å². The molecule has 120 valence electrons. The lowest BCUT2D eigenvalue weighted by molar-refractivity contribution is -0.140. The van der Waals surface area contributed by atoms with Crippen LogP contribution >= 0.6 is 0 Å². The van der Waals surface area contributed by atoms with Gasteiger partial charge in [-0.15, -0.1) is 0 Å². The standard InChI is InChI=1S/C16H28N2O3/c1-21-16(20)5-3-2-4-8-17-15(19)11-12-9-13-6-7-14(10-12)18-13/h12-14,18H,2-11H2,1H3,(H,17,19). The summed E-state index contributed by atoms with van der Waals surface area (Å²) in [5.41, 5.74) is 0. The lowest BCUT2D eigenvalue weighted by atomic mass is 9.89. The fraction of sp³-hybridized carbons (Fsp3) is 0.875. The van der Waals surface area contributed by atoms with Gasteiger partial charge >= 0.3 is 5.97 Å². The van der Waals surface area contributed by atoms with Gasteiger partial charge in [0.05, 0.1) is 7.11 Å². The fourth-order valence-corrected chi connectivity index (χ4v) is 3.58. The molecule has 2 aliphatic rings. The van der Waals surface area contributed by atoms with Crippen LogP contribution in [0, 0.1) is 5.92 Å². The van der Waals surface area contributed by atoms with Crippen LogP contribution in [0.2, 0.25) is 0 Å². The lowest BCUT2D eigenvalue weighted by Gasteiger charge is -2.28. The number of carbonyl (C=O) groups excluding carboxylic acids is 2. The molecule has 0 spiro atoms. The highest BCUT2D eigenvalue weighted by Crippen LogP contribution is 2.32. The number of piperidine rings is 1. The third-order valence-electron chi connectivity index (χ3n) is 4.65. The van der Waals surface area contributed by atoms with Crippen LogP contribution in [0.25, 0.3) is 0 Å². The van der Waals surface area contributed by atoms with Crippen molar-refractivity contribution in [2.24, 2.45) is 5.92 Å². The molecule has 0 radical (unpaired) electrons. The van der Waals surface area contributed by atoms with Crippen molar-refractivity contribution in [2.45, 2.75) is 69.9 Å². The van der Waals surface area contributed by atoms with Crippen molar-refractivity contribution in [2.75, 3.05) is 13.7 Å². The van der Waals surface area contributed by atoms with Crippen LogP contribution in [0.1, 0.15) is 57.8 Å². The van der Waals surface area contributed by atoms with Gasteiger partial charge in [-0.25, -0.2) is 0 Å². The van der Waals surface area contributed by atoms with Crippen molar-refractivity contribution >= 4 is 11.9 Å². The van der Waals surface area contributed by atoms with E-state index in [1.54, 1.807) is 0 Å². The first-order valence-corrected chi connectivity index (χ1v) is 8.27. The van der Waals surface area contributed by atoms with Gasteiger partial charge in [-0.05, 0) is 44.4 Å². The van der Waals surface area contributed by atoms with Gasteiger partial charge in [0.15, 0.2) is 0 Å². The quantitative estimate of drug-likeness (QED) is 0.529. The van der Waals surface area contributed by atoms with Crippen molar-refractivity contribution in [1.82, 2.24) is 10.6 Å². The summed E-state index contributed by atoms with van der Waals surface area (Å²) in [6.45, 7) is 0.720. The van der Waals surface area contributed by atoms with E-state index >= 15 is 0 Å². The molecule has 2 unspecified atom stereocenters. The summed E-state index contributed by atoms with van der Waals surface area (Å²) in [6.07, 6.45) is 8.74. The SMILES string of the molecule is COC(=O)CCCCCNC(=O)CC1CC2CCC(C1)N2. The highest BCUT2D eigenvalue weighted by atomic mass is 16.5. The Hall–Kier alpha value is -1.10. The number of unbranched alkanes of at least 4 members (excludes halogenated alkanes) is 2. The summed E-state index contributed by atoms with van der Waals surface area (Å²) in [4.78, 5) is 22.9. The zero-order valence-corrected chi connectivity index (χ0v) is 13.0. The molecule has 2 heterocycles. The van der Waals surface area contributed by atoms with E-state index < -0.39 is 0 Å². The van der Waals surface area contributed by atoms with E-state index in [1.165, 1.54) is 20.0 Å². The van der Waals surface area contributed by atoms with E-state index in [4.69, 9.17) is 0 Å². The number of hydrogen-bond donors (Lipinski definition) is 2. The average Bonchev–Trinajstić information content (AvgIpc) is 2.81. The molecular formula is C16H28N2O3. The monoisotopic (exact) mass is 296 g/mol. The smallest absolute Gasteiger partial charge is 0.305 e. The van der Waals surface area contributed by atoms with Gasteiger partial charge in [-0.3, -0.25) is 9.59 Å². The number of esters is 1. The Labute approximate surface area is 127 Å². The molecule has 0 saturated carbocycles. The van der Waals surface area contributed by atoms with Gasteiger partial charge in [0.2, 0.25) is 5.91 Å². The molecule has 2 fully saturated rings. The number of amides is 1. The van der Waals surface area contributed by atoms with Crippen molar-refractivity contribution in [3.63, 3.8) is 0 Å². The van der Waals surface area contributed by atoms with Crippen LogP contribution in [0.15, 0.2) is 0 Å². The predicted molar refractivity (Wildman–Crippen MR) is 80.8 cm³/mol. The third-order valence-corrected chi connectivity index (χ3v) is 4.65. The van der Waals surface area contributed by atoms with Crippen LogP contribution in [-0.4, -0.2) is 37.6 Å². The van der Waals surface area contributed by atoms with Crippen molar-refractivity contribution in [3.8, 4) is 0 Å². The van der Waals surface area contributed by atoms with Crippen LogP contribution in [0.5, 0.6) is 0 Å². The normalized spacial score (nSPS) is 27.4. The predicted octanol–water partition coefficient (Wildman–Crippen LogP) is 1.76. The molecule has 2 rings (SSSR count). The first kappa shape index (κ1) is 16.3. The Morgan fingerprint density at radius 2 is 1.86 bits per heavy atom. The highest BCUT2D eigenvalue weighted by molar-refractivity contribution is 5.76. The lowest BCUT2D eigenvalue weighted by Crippen LogP contribution is -2.39. The molecular weight excluding hydrogens is 268 g/mol. The first-order chi connectivity index (χ1) is 10.2. The molecule has 2 saturated heterocycles. The van der Waals surface area contributed by atoms with E-state index in [-0.39, 0.29) is 11.9 Å². The van der Waals surface area contributed by atoms with E-state index in [1.807, 2.05) is 0 Å².